The second kappa shape index (κ2) is 2.73. The first-order valence-corrected chi connectivity index (χ1v) is 4.43. The average Bonchev–Trinajstić information content (AvgIpc) is 2.32. The Labute approximate surface area is 67.4 Å². The number of nitrogens with zero attached hydrogens (tertiary/aromatic N) is 1. The minimum Gasteiger partial charge on any atom is -0.395 e. The van der Waals surface area contributed by atoms with Crippen LogP contribution in [-0.4, -0.2) is 48.3 Å². The molecular weight excluding hydrogens is 140 g/mol. The zero-order chi connectivity index (χ0) is 7.73. The van der Waals surface area contributed by atoms with Crippen molar-refractivity contribution in [3.8, 4) is 0 Å². The van der Waals surface area contributed by atoms with E-state index < -0.39 is 0 Å². The summed E-state index contributed by atoms with van der Waals surface area (Å²) >= 11 is 0. The van der Waals surface area contributed by atoms with E-state index in [4.69, 9.17) is 5.11 Å². The van der Waals surface area contributed by atoms with Crippen LogP contribution < -0.4 is 5.32 Å². The Morgan fingerprint density at radius 1 is 1.45 bits per heavy atom. The standard InChI is InChI=1S/C8H16N2O/c11-6-5-10-4-2-8(7-10)1-3-9-8/h9,11H,1-7H2. The summed E-state index contributed by atoms with van der Waals surface area (Å²) in [5.41, 5.74) is 0.454. The summed E-state index contributed by atoms with van der Waals surface area (Å²) in [4.78, 5) is 2.34. The lowest BCUT2D eigenvalue weighted by atomic mass is 9.87. The first-order chi connectivity index (χ1) is 5.35. The number of likely N-dealkylation sites (tertiary alicyclic amines) is 1. The highest BCUT2D eigenvalue weighted by molar-refractivity contribution is 5.03. The summed E-state index contributed by atoms with van der Waals surface area (Å²) in [5.74, 6) is 0. The molecule has 3 heteroatoms. The van der Waals surface area contributed by atoms with Crippen LogP contribution in [0.3, 0.4) is 0 Å². The number of hydrogen-bond acceptors (Lipinski definition) is 3. The Bertz CT molecular complexity index is 145. The average molecular weight is 156 g/mol. The van der Waals surface area contributed by atoms with E-state index in [-0.39, 0.29) is 0 Å². The summed E-state index contributed by atoms with van der Waals surface area (Å²) < 4.78 is 0. The molecule has 2 aliphatic rings. The molecule has 0 bridgehead atoms. The largest absolute Gasteiger partial charge is 0.395 e. The molecule has 0 saturated carbocycles. The third kappa shape index (κ3) is 1.28. The van der Waals surface area contributed by atoms with E-state index in [0.29, 0.717) is 12.1 Å². The summed E-state index contributed by atoms with van der Waals surface area (Å²) in [6, 6.07) is 0. The SMILES string of the molecule is OCCN1CCC2(CCN2)C1. The Balaban J connectivity index is 1.83. The lowest BCUT2D eigenvalue weighted by Gasteiger charge is -2.40. The van der Waals surface area contributed by atoms with Crippen LogP contribution >= 0.6 is 0 Å². The maximum Gasteiger partial charge on any atom is 0.0558 e. The number of β-amino-alcohol motifs (C(OH)–C–C–N with tert-alkyl or cyclic N) is 1. The number of aliphatic hydroxyl groups excluding tert-OH is 1. The minimum absolute atomic E-state index is 0.302. The first-order valence-electron chi connectivity index (χ1n) is 4.43. The zero-order valence-electron chi connectivity index (χ0n) is 6.84. The Morgan fingerprint density at radius 2 is 2.27 bits per heavy atom. The molecule has 0 radical (unpaired) electrons. The fourth-order valence-corrected chi connectivity index (χ4v) is 2.12. The van der Waals surface area contributed by atoms with Crippen LogP contribution in [0.1, 0.15) is 12.8 Å². The maximum absolute atomic E-state index is 8.73. The van der Waals surface area contributed by atoms with Crippen LogP contribution in [-0.2, 0) is 0 Å². The minimum atomic E-state index is 0.302. The number of rotatable bonds is 2. The van der Waals surface area contributed by atoms with Gasteiger partial charge in [-0.05, 0) is 19.4 Å². The molecule has 64 valence electrons. The molecule has 2 N–H and O–H groups in total. The molecule has 3 nitrogen and oxygen atoms in total. The van der Waals surface area contributed by atoms with E-state index in [1.54, 1.807) is 0 Å². The van der Waals surface area contributed by atoms with Gasteiger partial charge in [-0.3, -0.25) is 4.90 Å². The van der Waals surface area contributed by atoms with Gasteiger partial charge < -0.3 is 10.4 Å². The molecular formula is C8H16N2O. The molecule has 2 aliphatic heterocycles. The van der Waals surface area contributed by atoms with Gasteiger partial charge in [-0.2, -0.15) is 0 Å². The van der Waals surface area contributed by atoms with Gasteiger partial charge in [0.1, 0.15) is 0 Å². The second-order valence-corrected chi connectivity index (χ2v) is 3.71. The fraction of sp³-hybridized carbons (Fsp3) is 1.00. The number of nitrogens with one attached hydrogen (secondary N) is 1. The number of aliphatic hydroxyl groups is 1. The van der Waals surface area contributed by atoms with Gasteiger partial charge in [0.2, 0.25) is 0 Å². The zero-order valence-corrected chi connectivity index (χ0v) is 6.84. The predicted octanol–water partition coefficient (Wildman–Crippen LogP) is -0.583. The predicted molar refractivity (Wildman–Crippen MR) is 43.5 cm³/mol. The normalized spacial score (nSPS) is 37.9. The smallest absolute Gasteiger partial charge is 0.0558 e. The Hall–Kier alpha value is -0.120. The van der Waals surface area contributed by atoms with Crippen LogP contribution in [0.4, 0.5) is 0 Å². The van der Waals surface area contributed by atoms with Crippen LogP contribution in [0, 0.1) is 0 Å². The molecule has 2 rings (SSSR count). The van der Waals surface area contributed by atoms with Crippen molar-refractivity contribution in [3.63, 3.8) is 0 Å². The summed E-state index contributed by atoms with van der Waals surface area (Å²) in [6.45, 7) is 4.65. The summed E-state index contributed by atoms with van der Waals surface area (Å²) in [6.07, 6.45) is 2.60. The van der Waals surface area contributed by atoms with Crippen molar-refractivity contribution in [1.29, 1.82) is 0 Å². The van der Waals surface area contributed by atoms with Gasteiger partial charge in [0.15, 0.2) is 0 Å². The van der Waals surface area contributed by atoms with Gasteiger partial charge in [-0.15, -0.1) is 0 Å². The van der Waals surface area contributed by atoms with Crippen molar-refractivity contribution >= 4 is 0 Å². The van der Waals surface area contributed by atoms with Gasteiger partial charge in [0.05, 0.1) is 6.61 Å². The highest BCUT2D eigenvalue weighted by Gasteiger charge is 2.41. The van der Waals surface area contributed by atoms with Gasteiger partial charge in [-0.1, -0.05) is 0 Å². The van der Waals surface area contributed by atoms with Crippen LogP contribution in [0.25, 0.3) is 0 Å². The van der Waals surface area contributed by atoms with E-state index in [1.165, 1.54) is 19.4 Å². The monoisotopic (exact) mass is 156 g/mol. The van der Waals surface area contributed by atoms with Gasteiger partial charge in [0.25, 0.3) is 0 Å². The van der Waals surface area contributed by atoms with Crippen LogP contribution in [0.2, 0.25) is 0 Å². The molecule has 2 fully saturated rings. The fourth-order valence-electron chi connectivity index (χ4n) is 2.12. The molecule has 0 aromatic carbocycles. The maximum atomic E-state index is 8.73. The molecule has 0 aliphatic carbocycles. The molecule has 1 unspecified atom stereocenters. The van der Waals surface area contributed by atoms with Gasteiger partial charge in [-0.25, -0.2) is 0 Å². The molecule has 0 aromatic heterocycles. The molecule has 1 atom stereocenters. The van der Waals surface area contributed by atoms with E-state index >= 15 is 0 Å². The lowest BCUT2D eigenvalue weighted by Crippen LogP contribution is -2.58. The van der Waals surface area contributed by atoms with Crippen molar-refractivity contribution in [2.75, 3.05) is 32.8 Å². The van der Waals surface area contributed by atoms with E-state index in [1.807, 2.05) is 0 Å². The Kier molecular flexibility index (Phi) is 1.87. The summed E-state index contributed by atoms with van der Waals surface area (Å²) in [5, 5.41) is 12.2. The van der Waals surface area contributed by atoms with Crippen molar-refractivity contribution in [2.24, 2.45) is 0 Å². The second-order valence-electron chi connectivity index (χ2n) is 3.71. The molecule has 11 heavy (non-hydrogen) atoms. The van der Waals surface area contributed by atoms with Gasteiger partial charge in [0, 0.05) is 25.2 Å². The molecule has 2 heterocycles. The third-order valence-corrected chi connectivity index (χ3v) is 2.95. The molecule has 0 aromatic rings. The number of hydrogen-bond donors (Lipinski definition) is 2. The molecule has 0 amide bonds. The quantitative estimate of drug-likeness (QED) is 0.561. The van der Waals surface area contributed by atoms with Crippen LogP contribution in [0.15, 0.2) is 0 Å². The Morgan fingerprint density at radius 3 is 2.73 bits per heavy atom. The topological polar surface area (TPSA) is 35.5 Å². The molecule has 2 saturated heterocycles. The lowest BCUT2D eigenvalue weighted by molar-refractivity contribution is 0.178. The van der Waals surface area contributed by atoms with E-state index in [2.05, 4.69) is 10.2 Å². The van der Waals surface area contributed by atoms with Crippen molar-refractivity contribution in [3.05, 3.63) is 0 Å². The van der Waals surface area contributed by atoms with Crippen molar-refractivity contribution in [2.45, 2.75) is 18.4 Å². The van der Waals surface area contributed by atoms with Crippen molar-refractivity contribution < 1.29 is 5.11 Å². The van der Waals surface area contributed by atoms with Gasteiger partial charge >= 0.3 is 0 Å². The van der Waals surface area contributed by atoms with Crippen molar-refractivity contribution in [1.82, 2.24) is 10.2 Å². The molecule has 1 spiro atoms. The summed E-state index contributed by atoms with van der Waals surface area (Å²) in [7, 11) is 0. The van der Waals surface area contributed by atoms with E-state index in [9.17, 15) is 0 Å². The highest BCUT2D eigenvalue weighted by atomic mass is 16.3. The highest BCUT2D eigenvalue weighted by Crippen LogP contribution is 2.29. The van der Waals surface area contributed by atoms with E-state index in [0.717, 1.165) is 19.6 Å². The third-order valence-electron chi connectivity index (χ3n) is 2.95. The van der Waals surface area contributed by atoms with Crippen LogP contribution in [0.5, 0.6) is 0 Å². The first kappa shape index (κ1) is 7.53.